The highest BCUT2D eigenvalue weighted by molar-refractivity contribution is 9.10. The Bertz CT molecular complexity index is 715. The van der Waals surface area contributed by atoms with E-state index in [-0.39, 0.29) is 5.91 Å². The summed E-state index contributed by atoms with van der Waals surface area (Å²) < 4.78 is 0.824. The lowest BCUT2D eigenvalue weighted by molar-refractivity contribution is 0.0951. The van der Waals surface area contributed by atoms with Crippen LogP contribution in [0.2, 0.25) is 5.02 Å². The molecular weight excluding hydrogens is 390 g/mol. The van der Waals surface area contributed by atoms with Crippen molar-refractivity contribution in [1.29, 1.82) is 0 Å². The molecule has 1 aromatic carbocycles. The fraction of sp³-hybridized carbons (Fsp3) is 0.333. The van der Waals surface area contributed by atoms with Crippen molar-refractivity contribution in [3.8, 4) is 0 Å². The highest BCUT2D eigenvalue weighted by Crippen LogP contribution is 2.21. The van der Waals surface area contributed by atoms with E-state index in [2.05, 4.69) is 31.1 Å². The number of nitrogens with one attached hydrogen (secondary N) is 1. The number of piperidine rings is 1. The number of nitrogens with zero attached hydrogens (tertiary/aromatic N) is 2. The minimum atomic E-state index is -0.193. The lowest BCUT2D eigenvalue weighted by Crippen LogP contribution is -2.30. The SMILES string of the molecule is O=C(NCc1ccc(N2CCCCC2)nc1)c1cc(Br)ccc1Cl. The predicted molar refractivity (Wildman–Crippen MR) is 101 cm³/mol. The van der Waals surface area contributed by atoms with E-state index in [1.807, 2.05) is 24.4 Å². The summed E-state index contributed by atoms with van der Waals surface area (Å²) in [5.41, 5.74) is 1.43. The fourth-order valence-electron chi connectivity index (χ4n) is 2.78. The van der Waals surface area contributed by atoms with Gasteiger partial charge in [0.2, 0.25) is 0 Å². The van der Waals surface area contributed by atoms with Crippen LogP contribution >= 0.6 is 27.5 Å². The second-order valence-corrected chi connectivity index (χ2v) is 7.20. The summed E-state index contributed by atoms with van der Waals surface area (Å²) in [6.07, 6.45) is 5.59. The van der Waals surface area contributed by atoms with Crippen molar-refractivity contribution in [2.24, 2.45) is 0 Å². The average Bonchev–Trinajstić information content (AvgIpc) is 2.63. The molecule has 4 nitrogen and oxygen atoms in total. The lowest BCUT2D eigenvalue weighted by atomic mass is 10.1. The summed E-state index contributed by atoms with van der Waals surface area (Å²) in [5.74, 6) is 0.821. The molecule has 0 aliphatic carbocycles. The normalized spacial score (nSPS) is 14.5. The molecule has 1 fully saturated rings. The molecule has 0 spiro atoms. The fourth-order valence-corrected chi connectivity index (χ4v) is 3.34. The van der Waals surface area contributed by atoms with Gasteiger partial charge in [-0.05, 0) is 49.1 Å². The Labute approximate surface area is 155 Å². The molecule has 0 unspecified atom stereocenters. The van der Waals surface area contributed by atoms with Gasteiger partial charge >= 0.3 is 0 Å². The van der Waals surface area contributed by atoms with Crippen LogP contribution in [-0.4, -0.2) is 24.0 Å². The number of pyridine rings is 1. The van der Waals surface area contributed by atoms with E-state index in [1.165, 1.54) is 19.3 Å². The van der Waals surface area contributed by atoms with E-state index >= 15 is 0 Å². The van der Waals surface area contributed by atoms with E-state index in [0.29, 0.717) is 17.1 Å². The Balaban J connectivity index is 1.60. The zero-order chi connectivity index (χ0) is 16.9. The maximum absolute atomic E-state index is 12.3. The molecule has 0 radical (unpaired) electrons. The second-order valence-electron chi connectivity index (χ2n) is 5.88. The molecule has 24 heavy (non-hydrogen) atoms. The van der Waals surface area contributed by atoms with Crippen molar-refractivity contribution in [3.05, 3.63) is 57.2 Å². The van der Waals surface area contributed by atoms with Crippen LogP contribution in [0.15, 0.2) is 41.0 Å². The van der Waals surface area contributed by atoms with E-state index < -0.39 is 0 Å². The van der Waals surface area contributed by atoms with Crippen LogP contribution < -0.4 is 10.2 Å². The zero-order valence-corrected chi connectivity index (χ0v) is 15.6. The Kier molecular flexibility index (Phi) is 5.74. The molecule has 2 aromatic rings. The number of rotatable bonds is 4. The number of amides is 1. The van der Waals surface area contributed by atoms with Gasteiger partial charge in [-0.3, -0.25) is 4.79 Å². The summed E-state index contributed by atoms with van der Waals surface area (Å²) >= 11 is 9.43. The number of carbonyl (C=O) groups excluding carboxylic acids is 1. The molecule has 1 aliphatic heterocycles. The standard InChI is InChI=1S/C18H19BrClN3O/c19-14-5-6-16(20)15(10-14)18(24)22-12-13-4-7-17(21-11-13)23-8-2-1-3-9-23/h4-7,10-11H,1-3,8-9,12H2,(H,22,24). The van der Waals surface area contributed by atoms with E-state index in [9.17, 15) is 4.79 Å². The molecule has 0 bridgehead atoms. The Morgan fingerprint density at radius 1 is 1.21 bits per heavy atom. The lowest BCUT2D eigenvalue weighted by Gasteiger charge is -2.27. The second kappa shape index (κ2) is 7.99. The first-order chi connectivity index (χ1) is 11.6. The van der Waals surface area contributed by atoms with Crippen LogP contribution in [0.1, 0.15) is 35.2 Å². The number of hydrogen-bond donors (Lipinski definition) is 1. The van der Waals surface area contributed by atoms with Gasteiger partial charge in [-0.15, -0.1) is 0 Å². The van der Waals surface area contributed by atoms with Gasteiger partial charge in [-0.2, -0.15) is 0 Å². The first-order valence-electron chi connectivity index (χ1n) is 8.06. The van der Waals surface area contributed by atoms with E-state index in [0.717, 1.165) is 28.9 Å². The van der Waals surface area contributed by atoms with Gasteiger partial charge < -0.3 is 10.2 Å². The van der Waals surface area contributed by atoms with Gasteiger partial charge in [0.15, 0.2) is 0 Å². The van der Waals surface area contributed by atoms with Crippen molar-refractivity contribution in [3.63, 3.8) is 0 Å². The summed E-state index contributed by atoms with van der Waals surface area (Å²) in [6.45, 7) is 2.57. The van der Waals surface area contributed by atoms with Gasteiger partial charge in [0.25, 0.3) is 5.91 Å². The van der Waals surface area contributed by atoms with Crippen molar-refractivity contribution < 1.29 is 4.79 Å². The third-order valence-corrected chi connectivity index (χ3v) is 4.94. The topological polar surface area (TPSA) is 45.2 Å². The smallest absolute Gasteiger partial charge is 0.253 e. The van der Waals surface area contributed by atoms with Gasteiger partial charge in [-0.1, -0.05) is 33.6 Å². The monoisotopic (exact) mass is 407 g/mol. The molecule has 1 N–H and O–H groups in total. The van der Waals surface area contributed by atoms with Crippen molar-refractivity contribution >= 4 is 39.3 Å². The Hall–Kier alpha value is -1.59. The quantitative estimate of drug-likeness (QED) is 0.814. The number of anilines is 1. The minimum absolute atomic E-state index is 0.193. The van der Waals surface area contributed by atoms with E-state index in [1.54, 1.807) is 12.1 Å². The molecule has 0 atom stereocenters. The number of hydrogen-bond acceptors (Lipinski definition) is 3. The molecule has 3 rings (SSSR count). The van der Waals surface area contributed by atoms with Crippen molar-refractivity contribution in [2.75, 3.05) is 18.0 Å². The summed E-state index contributed by atoms with van der Waals surface area (Å²) in [7, 11) is 0. The molecule has 2 heterocycles. The third kappa shape index (κ3) is 4.28. The Morgan fingerprint density at radius 2 is 2.00 bits per heavy atom. The number of aromatic nitrogens is 1. The van der Waals surface area contributed by atoms with Crippen LogP contribution in [0.5, 0.6) is 0 Å². The highest BCUT2D eigenvalue weighted by atomic mass is 79.9. The average molecular weight is 409 g/mol. The molecule has 1 aliphatic rings. The molecular formula is C18H19BrClN3O. The maximum atomic E-state index is 12.3. The zero-order valence-electron chi connectivity index (χ0n) is 13.3. The van der Waals surface area contributed by atoms with Crippen molar-refractivity contribution in [2.45, 2.75) is 25.8 Å². The molecule has 1 amide bonds. The minimum Gasteiger partial charge on any atom is -0.357 e. The van der Waals surface area contributed by atoms with E-state index in [4.69, 9.17) is 11.6 Å². The highest BCUT2D eigenvalue weighted by Gasteiger charge is 2.13. The van der Waals surface area contributed by atoms with Gasteiger partial charge in [-0.25, -0.2) is 4.98 Å². The largest absolute Gasteiger partial charge is 0.357 e. The number of benzene rings is 1. The molecule has 1 saturated heterocycles. The van der Waals surface area contributed by atoms with Crippen LogP contribution in [0.3, 0.4) is 0 Å². The van der Waals surface area contributed by atoms with Crippen LogP contribution in [-0.2, 0) is 6.54 Å². The van der Waals surface area contributed by atoms with Crippen LogP contribution in [0, 0.1) is 0 Å². The van der Waals surface area contributed by atoms with Gasteiger partial charge in [0.1, 0.15) is 5.82 Å². The summed E-state index contributed by atoms with van der Waals surface area (Å²) in [6, 6.07) is 9.27. The molecule has 126 valence electrons. The van der Waals surface area contributed by atoms with Crippen LogP contribution in [0.4, 0.5) is 5.82 Å². The third-order valence-electron chi connectivity index (χ3n) is 4.12. The van der Waals surface area contributed by atoms with Gasteiger partial charge in [0.05, 0.1) is 10.6 Å². The van der Waals surface area contributed by atoms with Crippen LogP contribution in [0.25, 0.3) is 0 Å². The molecule has 0 saturated carbocycles. The molecule has 6 heteroatoms. The molecule has 1 aromatic heterocycles. The summed E-state index contributed by atoms with van der Waals surface area (Å²) in [4.78, 5) is 19.1. The first-order valence-corrected chi connectivity index (χ1v) is 9.24. The number of halogens is 2. The maximum Gasteiger partial charge on any atom is 0.253 e. The van der Waals surface area contributed by atoms with Gasteiger partial charge in [0, 0.05) is 30.3 Å². The first kappa shape index (κ1) is 17.2. The Morgan fingerprint density at radius 3 is 2.71 bits per heavy atom. The predicted octanol–water partition coefficient (Wildman–Crippen LogP) is 4.42. The van der Waals surface area contributed by atoms with Crippen molar-refractivity contribution in [1.82, 2.24) is 10.3 Å². The number of carbonyl (C=O) groups is 1. The summed E-state index contributed by atoms with van der Waals surface area (Å²) in [5, 5.41) is 3.32.